The number of aliphatic carboxylic acids is 1. The number of carbonyl (C=O) groups excluding carboxylic acids is 1. The molecule has 33 heavy (non-hydrogen) atoms. The van der Waals surface area contributed by atoms with Gasteiger partial charge in [0.05, 0.1) is 22.0 Å². The number of fused-ring (bicyclic) bond motifs is 1. The van der Waals surface area contributed by atoms with Gasteiger partial charge in [-0.1, -0.05) is 40.9 Å². The number of hydrogen-bond donors (Lipinski definition) is 2. The van der Waals surface area contributed by atoms with E-state index in [1.807, 2.05) is 12.1 Å². The highest BCUT2D eigenvalue weighted by atomic mass is 35.5. The summed E-state index contributed by atoms with van der Waals surface area (Å²) in [5, 5.41) is 14.2. The Morgan fingerprint density at radius 2 is 1.70 bits per heavy atom. The predicted octanol–water partition coefficient (Wildman–Crippen LogP) is 5.47. The molecule has 2 heterocycles. The number of aromatic nitrogens is 1. The molecule has 0 aliphatic carbocycles. The van der Waals surface area contributed by atoms with E-state index in [4.69, 9.17) is 39.8 Å². The number of carbonyl (C=O) groups is 2. The summed E-state index contributed by atoms with van der Waals surface area (Å²) >= 11 is 18.8. The van der Waals surface area contributed by atoms with E-state index in [2.05, 4.69) is 10.2 Å². The largest absolute Gasteiger partial charge is 0.481 e. The second kappa shape index (κ2) is 10.2. The lowest BCUT2D eigenvalue weighted by molar-refractivity contribution is -0.142. The molecule has 3 aromatic rings. The highest BCUT2D eigenvalue weighted by molar-refractivity contribution is 6.36. The van der Waals surface area contributed by atoms with Crippen LogP contribution in [0.2, 0.25) is 15.1 Å². The third kappa shape index (κ3) is 5.18. The first-order chi connectivity index (χ1) is 15.8. The number of benzene rings is 2. The van der Waals surface area contributed by atoms with Gasteiger partial charge in [-0.05, 0) is 61.2 Å². The van der Waals surface area contributed by atoms with Crippen LogP contribution in [0.1, 0.15) is 28.8 Å². The summed E-state index contributed by atoms with van der Waals surface area (Å²) < 4.78 is 0. The van der Waals surface area contributed by atoms with Crippen molar-refractivity contribution in [2.45, 2.75) is 19.3 Å². The van der Waals surface area contributed by atoms with Gasteiger partial charge in [0.15, 0.2) is 0 Å². The van der Waals surface area contributed by atoms with E-state index in [0.717, 1.165) is 11.4 Å². The summed E-state index contributed by atoms with van der Waals surface area (Å²) in [6.07, 6.45) is 1.65. The molecule has 1 saturated heterocycles. The van der Waals surface area contributed by atoms with Gasteiger partial charge >= 0.3 is 5.97 Å². The van der Waals surface area contributed by atoms with Crippen LogP contribution >= 0.6 is 34.8 Å². The molecule has 4 rings (SSSR count). The Kier molecular flexibility index (Phi) is 7.27. The number of halogens is 3. The number of piperidine rings is 1. The first-order valence-electron chi connectivity index (χ1n) is 10.6. The maximum Gasteiger partial charge on any atom is 0.306 e. The van der Waals surface area contributed by atoms with Crippen LogP contribution in [0.25, 0.3) is 10.9 Å². The summed E-state index contributed by atoms with van der Waals surface area (Å²) in [6, 6.07) is 12.4. The van der Waals surface area contributed by atoms with Crippen molar-refractivity contribution in [3.05, 3.63) is 68.7 Å². The summed E-state index contributed by atoms with van der Waals surface area (Å²) in [5.74, 6) is -0.598. The van der Waals surface area contributed by atoms with E-state index in [1.165, 1.54) is 0 Å². The van der Waals surface area contributed by atoms with Crippen LogP contribution in [-0.2, 0) is 11.2 Å². The third-order valence-electron chi connectivity index (χ3n) is 5.92. The minimum atomic E-state index is -0.747. The topological polar surface area (TPSA) is 82.5 Å². The third-order valence-corrected chi connectivity index (χ3v) is 6.95. The number of pyridine rings is 1. The number of nitrogens with one attached hydrogen (secondary N) is 1. The van der Waals surface area contributed by atoms with Crippen LogP contribution < -0.4 is 10.2 Å². The Morgan fingerprint density at radius 3 is 2.36 bits per heavy atom. The van der Waals surface area contributed by atoms with Crippen LogP contribution in [0.15, 0.2) is 42.5 Å². The predicted molar refractivity (Wildman–Crippen MR) is 132 cm³/mol. The van der Waals surface area contributed by atoms with Gasteiger partial charge in [-0.2, -0.15) is 0 Å². The molecule has 0 radical (unpaired) electrons. The highest BCUT2D eigenvalue weighted by Crippen LogP contribution is 2.29. The molecular formula is C24H22Cl3N3O3. The SMILES string of the molecule is O=C(NCCc1c(Cl)cccc1Cl)c1c(Cl)ccc2nc(N3CCC(C(=O)O)CC3)ccc12. The van der Waals surface area contributed by atoms with Crippen molar-refractivity contribution in [3.8, 4) is 0 Å². The lowest BCUT2D eigenvalue weighted by Gasteiger charge is -2.31. The Hall–Kier alpha value is -2.54. The molecule has 1 fully saturated rings. The molecule has 2 aromatic carbocycles. The lowest BCUT2D eigenvalue weighted by atomic mass is 9.97. The molecule has 2 N–H and O–H groups in total. The molecule has 1 aliphatic heterocycles. The second-order valence-corrected chi connectivity index (χ2v) is 9.19. The fourth-order valence-electron chi connectivity index (χ4n) is 4.09. The van der Waals surface area contributed by atoms with Crippen molar-refractivity contribution >= 4 is 63.4 Å². The zero-order chi connectivity index (χ0) is 23.5. The minimum absolute atomic E-state index is 0.300. The maximum atomic E-state index is 13.0. The molecule has 0 unspecified atom stereocenters. The van der Waals surface area contributed by atoms with Crippen molar-refractivity contribution in [2.24, 2.45) is 5.92 Å². The smallest absolute Gasteiger partial charge is 0.306 e. The average molecular weight is 507 g/mol. The first-order valence-corrected chi connectivity index (χ1v) is 11.8. The van der Waals surface area contributed by atoms with Crippen LogP contribution in [-0.4, -0.2) is 41.6 Å². The normalized spacial score (nSPS) is 14.5. The molecule has 172 valence electrons. The van der Waals surface area contributed by atoms with Crippen LogP contribution in [0.5, 0.6) is 0 Å². The van der Waals surface area contributed by atoms with E-state index in [1.54, 1.807) is 30.3 Å². The Balaban J connectivity index is 1.50. The van der Waals surface area contributed by atoms with Gasteiger partial charge < -0.3 is 15.3 Å². The summed E-state index contributed by atoms with van der Waals surface area (Å²) in [5.41, 5.74) is 1.79. The Morgan fingerprint density at radius 1 is 1.00 bits per heavy atom. The molecule has 1 aromatic heterocycles. The zero-order valence-corrected chi connectivity index (χ0v) is 19.9. The molecule has 9 heteroatoms. The van der Waals surface area contributed by atoms with Gasteiger partial charge in [0.2, 0.25) is 0 Å². The van der Waals surface area contributed by atoms with E-state index in [-0.39, 0.29) is 11.8 Å². The Bertz CT molecular complexity index is 1190. The van der Waals surface area contributed by atoms with Gasteiger partial charge in [-0.15, -0.1) is 0 Å². The zero-order valence-electron chi connectivity index (χ0n) is 17.7. The summed E-state index contributed by atoms with van der Waals surface area (Å²) in [6.45, 7) is 1.60. The molecule has 6 nitrogen and oxygen atoms in total. The number of anilines is 1. The fourth-order valence-corrected chi connectivity index (χ4v) is 4.93. The number of carboxylic acid groups (broad SMARTS) is 1. The highest BCUT2D eigenvalue weighted by Gasteiger charge is 2.25. The van der Waals surface area contributed by atoms with E-state index < -0.39 is 5.97 Å². The van der Waals surface area contributed by atoms with Crippen LogP contribution in [0.3, 0.4) is 0 Å². The maximum absolute atomic E-state index is 13.0. The van der Waals surface area contributed by atoms with Crippen molar-refractivity contribution in [2.75, 3.05) is 24.5 Å². The molecule has 0 atom stereocenters. The molecule has 0 saturated carbocycles. The molecular weight excluding hydrogens is 485 g/mol. The summed E-state index contributed by atoms with van der Waals surface area (Å²) in [4.78, 5) is 30.9. The average Bonchev–Trinajstić information content (AvgIpc) is 2.80. The Labute approximate surface area is 206 Å². The van der Waals surface area contributed by atoms with Gasteiger partial charge in [-0.25, -0.2) is 4.98 Å². The standard InChI is InChI=1S/C24H22Cl3N3O3/c25-17-2-1-3-18(26)15(17)8-11-28-23(31)22-16-4-7-21(29-20(16)6-5-19(22)27)30-12-9-14(10-13-30)24(32)33/h1-7,14H,8-13H2,(H,28,31)(H,32,33). The van der Waals surface area contributed by atoms with Gasteiger partial charge in [0.25, 0.3) is 5.91 Å². The van der Waals surface area contributed by atoms with E-state index in [9.17, 15) is 14.7 Å². The fraction of sp³-hybridized carbons (Fsp3) is 0.292. The number of amides is 1. The summed E-state index contributed by atoms with van der Waals surface area (Å²) in [7, 11) is 0. The molecule has 1 amide bonds. The first kappa shape index (κ1) is 23.6. The van der Waals surface area contributed by atoms with Crippen LogP contribution in [0.4, 0.5) is 5.82 Å². The minimum Gasteiger partial charge on any atom is -0.481 e. The number of nitrogens with zero attached hydrogens (tertiary/aromatic N) is 2. The van der Waals surface area contributed by atoms with Gasteiger partial charge in [0.1, 0.15) is 5.82 Å². The monoisotopic (exact) mass is 505 g/mol. The number of hydrogen-bond acceptors (Lipinski definition) is 4. The van der Waals surface area contributed by atoms with E-state index >= 15 is 0 Å². The van der Waals surface area contributed by atoms with Crippen molar-refractivity contribution in [1.82, 2.24) is 10.3 Å². The van der Waals surface area contributed by atoms with Crippen LogP contribution in [0, 0.1) is 5.92 Å². The lowest BCUT2D eigenvalue weighted by Crippen LogP contribution is -2.36. The van der Waals surface area contributed by atoms with Crippen molar-refractivity contribution in [1.29, 1.82) is 0 Å². The molecule has 0 bridgehead atoms. The second-order valence-electron chi connectivity index (χ2n) is 7.96. The molecule has 1 aliphatic rings. The quantitative estimate of drug-likeness (QED) is 0.463. The number of carboxylic acids is 1. The molecule has 0 spiro atoms. The van der Waals surface area contributed by atoms with Gasteiger partial charge in [-0.3, -0.25) is 9.59 Å². The van der Waals surface area contributed by atoms with Gasteiger partial charge in [0, 0.05) is 35.1 Å². The van der Waals surface area contributed by atoms with E-state index in [0.29, 0.717) is 70.4 Å². The van der Waals surface area contributed by atoms with Crippen molar-refractivity contribution < 1.29 is 14.7 Å². The van der Waals surface area contributed by atoms with Crippen molar-refractivity contribution in [3.63, 3.8) is 0 Å². The number of rotatable bonds is 6.